The number of nitrogens with zero attached hydrogens (tertiary/aromatic N) is 2. The normalized spacial score (nSPS) is 15.7. The number of hydrogen-bond donors (Lipinski definition) is 0. The van der Waals surface area contributed by atoms with Gasteiger partial charge in [0.15, 0.2) is 5.60 Å². The number of aromatic nitrogens is 2. The highest BCUT2D eigenvalue weighted by molar-refractivity contribution is 5.86. The summed E-state index contributed by atoms with van der Waals surface area (Å²) in [5.74, 6) is 1.82. The van der Waals surface area contributed by atoms with E-state index in [9.17, 15) is 4.79 Å². The van der Waals surface area contributed by atoms with Gasteiger partial charge in [-0.1, -0.05) is 0 Å². The second kappa shape index (κ2) is 8.05. The maximum Gasteiger partial charge on any atom is 0.349 e. The topological polar surface area (TPSA) is 62.6 Å². The SMILES string of the molecule is CCOC(=O)C(C)(C)Oc1ccc2c(c1)C=C(c1nccn1C)C(C)O2.Cl. The van der Waals surface area contributed by atoms with Crippen LogP contribution in [0.2, 0.25) is 0 Å². The van der Waals surface area contributed by atoms with Gasteiger partial charge in [-0.15, -0.1) is 12.4 Å². The Labute approximate surface area is 165 Å². The van der Waals surface area contributed by atoms with Gasteiger partial charge in [-0.2, -0.15) is 0 Å². The van der Waals surface area contributed by atoms with Crippen molar-refractivity contribution in [1.29, 1.82) is 0 Å². The number of imidazole rings is 1. The number of carbonyl (C=O) groups is 1. The Balaban J connectivity index is 0.00000261. The lowest BCUT2D eigenvalue weighted by Crippen LogP contribution is -2.39. The second-order valence-corrected chi connectivity index (χ2v) is 6.75. The van der Waals surface area contributed by atoms with Gasteiger partial charge >= 0.3 is 5.97 Å². The third-order valence-corrected chi connectivity index (χ3v) is 4.25. The lowest BCUT2D eigenvalue weighted by Gasteiger charge is -2.27. The van der Waals surface area contributed by atoms with Gasteiger partial charge in [0.05, 0.1) is 6.61 Å². The molecule has 2 aromatic rings. The molecule has 0 radical (unpaired) electrons. The molecule has 0 aliphatic carbocycles. The van der Waals surface area contributed by atoms with Gasteiger partial charge in [0.25, 0.3) is 0 Å². The molecule has 3 rings (SSSR count). The molecule has 0 amide bonds. The molecule has 1 aromatic heterocycles. The highest BCUT2D eigenvalue weighted by atomic mass is 35.5. The van der Waals surface area contributed by atoms with E-state index in [-0.39, 0.29) is 18.5 Å². The van der Waals surface area contributed by atoms with Crippen LogP contribution in [-0.4, -0.2) is 33.8 Å². The van der Waals surface area contributed by atoms with Gasteiger partial charge in [-0.3, -0.25) is 0 Å². The largest absolute Gasteiger partial charge is 0.485 e. The van der Waals surface area contributed by atoms with Crippen molar-refractivity contribution in [2.45, 2.75) is 39.4 Å². The van der Waals surface area contributed by atoms with Crippen LogP contribution in [0, 0.1) is 0 Å². The molecule has 1 aromatic carbocycles. The standard InChI is InChI=1S/C20H24N2O4.ClH/c1-6-24-19(23)20(3,4)26-15-7-8-17-14(11-15)12-16(13(2)25-17)18-21-9-10-22(18)5;/h7-13H,6H2,1-5H3;1H. The molecule has 0 saturated heterocycles. The Kier molecular flexibility index (Phi) is 6.21. The number of rotatable bonds is 5. The molecule has 0 spiro atoms. The summed E-state index contributed by atoms with van der Waals surface area (Å²) in [6, 6.07) is 5.52. The Morgan fingerprint density at radius 3 is 2.74 bits per heavy atom. The van der Waals surface area contributed by atoms with Crippen LogP contribution >= 0.6 is 12.4 Å². The molecule has 146 valence electrons. The first-order valence-corrected chi connectivity index (χ1v) is 8.68. The third kappa shape index (κ3) is 4.27. The van der Waals surface area contributed by atoms with Gasteiger partial charge in [-0.25, -0.2) is 9.78 Å². The summed E-state index contributed by atoms with van der Waals surface area (Å²) in [6.45, 7) is 7.47. The number of esters is 1. The van der Waals surface area contributed by atoms with E-state index in [2.05, 4.69) is 11.1 Å². The van der Waals surface area contributed by atoms with Gasteiger partial charge in [0, 0.05) is 30.6 Å². The molecule has 2 heterocycles. The zero-order valence-corrected chi connectivity index (χ0v) is 17.0. The van der Waals surface area contributed by atoms with Crippen LogP contribution in [0.15, 0.2) is 30.6 Å². The Morgan fingerprint density at radius 1 is 1.37 bits per heavy atom. The number of carbonyl (C=O) groups excluding carboxylic acids is 1. The first-order valence-electron chi connectivity index (χ1n) is 8.68. The zero-order chi connectivity index (χ0) is 18.9. The van der Waals surface area contributed by atoms with Crippen molar-refractivity contribution >= 4 is 30.0 Å². The molecule has 1 aliphatic rings. The minimum atomic E-state index is -1.07. The van der Waals surface area contributed by atoms with Crippen LogP contribution in [0.25, 0.3) is 11.6 Å². The molecule has 7 heteroatoms. The molecule has 1 atom stereocenters. The van der Waals surface area contributed by atoms with E-state index in [1.54, 1.807) is 33.0 Å². The van der Waals surface area contributed by atoms with E-state index >= 15 is 0 Å². The smallest absolute Gasteiger partial charge is 0.349 e. The fourth-order valence-electron chi connectivity index (χ4n) is 2.88. The number of ether oxygens (including phenoxy) is 3. The van der Waals surface area contributed by atoms with Crippen LogP contribution in [0.3, 0.4) is 0 Å². The van der Waals surface area contributed by atoms with Crippen LogP contribution in [0.5, 0.6) is 11.5 Å². The minimum Gasteiger partial charge on any atom is -0.485 e. The van der Waals surface area contributed by atoms with Crippen molar-refractivity contribution in [3.05, 3.63) is 42.0 Å². The molecule has 1 unspecified atom stereocenters. The van der Waals surface area contributed by atoms with E-state index in [0.29, 0.717) is 12.4 Å². The molecule has 1 aliphatic heterocycles. The molecule has 0 N–H and O–H groups in total. The molecule has 6 nitrogen and oxygen atoms in total. The van der Waals surface area contributed by atoms with Crippen molar-refractivity contribution in [2.75, 3.05) is 6.61 Å². The van der Waals surface area contributed by atoms with E-state index in [4.69, 9.17) is 14.2 Å². The Hall–Kier alpha value is -2.47. The summed E-state index contributed by atoms with van der Waals surface area (Å²) < 4.78 is 18.9. The lowest BCUT2D eigenvalue weighted by molar-refractivity contribution is -0.158. The van der Waals surface area contributed by atoms with Crippen LogP contribution in [0.4, 0.5) is 0 Å². The zero-order valence-electron chi connectivity index (χ0n) is 16.2. The summed E-state index contributed by atoms with van der Waals surface area (Å²) in [5, 5.41) is 0. The van der Waals surface area contributed by atoms with Crippen molar-refractivity contribution < 1.29 is 19.0 Å². The fraction of sp³-hybridized carbons (Fsp3) is 0.400. The monoisotopic (exact) mass is 392 g/mol. The average molecular weight is 393 g/mol. The van der Waals surface area contributed by atoms with Crippen LogP contribution in [-0.2, 0) is 16.6 Å². The van der Waals surface area contributed by atoms with Gasteiger partial charge in [-0.05, 0) is 52.0 Å². The number of halogens is 1. The maximum absolute atomic E-state index is 12.1. The van der Waals surface area contributed by atoms with Crippen LogP contribution < -0.4 is 9.47 Å². The summed E-state index contributed by atoms with van der Waals surface area (Å²) in [7, 11) is 1.95. The highest BCUT2D eigenvalue weighted by Gasteiger charge is 2.32. The number of aryl methyl sites for hydroxylation is 1. The number of benzene rings is 1. The van der Waals surface area contributed by atoms with Gasteiger partial charge in [0.2, 0.25) is 0 Å². The summed E-state index contributed by atoms with van der Waals surface area (Å²) >= 11 is 0. The van der Waals surface area contributed by atoms with E-state index in [1.165, 1.54) is 0 Å². The van der Waals surface area contributed by atoms with Crippen molar-refractivity contribution in [2.24, 2.45) is 7.05 Å². The van der Waals surface area contributed by atoms with Crippen molar-refractivity contribution in [3.63, 3.8) is 0 Å². The predicted octanol–water partition coefficient (Wildman–Crippen LogP) is 3.88. The van der Waals surface area contributed by atoms with Gasteiger partial charge in [0.1, 0.15) is 23.4 Å². The summed E-state index contributed by atoms with van der Waals surface area (Å²) in [5.41, 5.74) is 0.810. The van der Waals surface area contributed by atoms with E-state index in [0.717, 1.165) is 22.7 Å². The number of hydrogen-bond acceptors (Lipinski definition) is 5. The average Bonchev–Trinajstić information content (AvgIpc) is 3.00. The highest BCUT2D eigenvalue weighted by Crippen LogP contribution is 2.36. The van der Waals surface area contributed by atoms with E-state index in [1.807, 2.05) is 36.9 Å². The molecule has 0 fully saturated rings. The molecule has 27 heavy (non-hydrogen) atoms. The number of fused-ring (bicyclic) bond motifs is 1. The van der Waals surface area contributed by atoms with E-state index < -0.39 is 11.6 Å². The molecular formula is C20H25ClN2O4. The molecule has 0 bridgehead atoms. The second-order valence-electron chi connectivity index (χ2n) is 6.75. The first kappa shape index (κ1) is 20.8. The first-order chi connectivity index (χ1) is 12.3. The third-order valence-electron chi connectivity index (χ3n) is 4.25. The fourth-order valence-corrected chi connectivity index (χ4v) is 2.88. The quantitative estimate of drug-likeness (QED) is 0.722. The predicted molar refractivity (Wildman–Crippen MR) is 106 cm³/mol. The van der Waals surface area contributed by atoms with Gasteiger partial charge < -0.3 is 18.8 Å². The van der Waals surface area contributed by atoms with Crippen molar-refractivity contribution in [3.8, 4) is 11.5 Å². The van der Waals surface area contributed by atoms with Crippen molar-refractivity contribution in [1.82, 2.24) is 9.55 Å². The summed E-state index contributed by atoms with van der Waals surface area (Å²) in [4.78, 5) is 16.5. The minimum absolute atomic E-state index is 0. The van der Waals surface area contributed by atoms with Crippen LogP contribution in [0.1, 0.15) is 39.1 Å². The Morgan fingerprint density at radius 2 is 2.11 bits per heavy atom. The summed E-state index contributed by atoms with van der Waals surface area (Å²) in [6.07, 6.45) is 5.61. The molecule has 0 saturated carbocycles. The lowest BCUT2D eigenvalue weighted by atomic mass is 10.0. The molecular weight excluding hydrogens is 368 g/mol. The maximum atomic E-state index is 12.1. The Bertz CT molecular complexity index is 857.